The Hall–Kier alpha value is -2.98. The zero-order valence-electron chi connectivity index (χ0n) is 21.0. The van der Waals surface area contributed by atoms with E-state index < -0.39 is 34.5 Å². The molecule has 1 N–H and O–H groups in total. The number of rotatable bonds is 12. The molecule has 10 heteroatoms. The fourth-order valence-corrected chi connectivity index (χ4v) is 4.47. The average molecular weight is 507 g/mol. The van der Waals surface area contributed by atoms with Crippen LogP contribution in [-0.4, -0.2) is 62.7 Å². The Labute approximate surface area is 207 Å². The number of nitrogens with zero attached hydrogens (tertiary/aromatic N) is 3. The van der Waals surface area contributed by atoms with Crippen LogP contribution in [0.3, 0.4) is 0 Å². The van der Waals surface area contributed by atoms with Crippen molar-refractivity contribution in [2.75, 3.05) is 31.5 Å². The molecular formula is C25H35FN4O4S. The van der Waals surface area contributed by atoms with E-state index >= 15 is 0 Å². The molecule has 0 radical (unpaired) electrons. The summed E-state index contributed by atoms with van der Waals surface area (Å²) in [6, 6.07) is 11.5. The Bertz CT molecular complexity index is 1110. The maximum absolute atomic E-state index is 13.6. The van der Waals surface area contributed by atoms with Gasteiger partial charge in [-0.05, 0) is 55.7 Å². The van der Waals surface area contributed by atoms with Gasteiger partial charge in [0.15, 0.2) is 0 Å². The minimum Gasteiger partial charge on any atom is -0.354 e. The van der Waals surface area contributed by atoms with Gasteiger partial charge in [0.25, 0.3) is 0 Å². The van der Waals surface area contributed by atoms with Crippen LogP contribution in [0.15, 0.2) is 48.5 Å². The molecule has 0 saturated carbocycles. The molecule has 35 heavy (non-hydrogen) atoms. The molecule has 0 aliphatic rings. The standard InChI is InChI=1S/C25H35FN4O4S/c1-6-7-16-27-25(32)20(3)29(17-21-11-9-8-10-19(21)2)24(31)18-30(35(33,34)28(4)5)23-14-12-22(26)13-15-23/h8-15,20H,6-7,16-18H2,1-5H3,(H,27,32)/t20-/m0/s1. The van der Waals surface area contributed by atoms with Crippen molar-refractivity contribution in [1.82, 2.24) is 14.5 Å². The zero-order valence-corrected chi connectivity index (χ0v) is 21.8. The molecule has 0 aromatic heterocycles. The summed E-state index contributed by atoms with van der Waals surface area (Å²) < 4.78 is 41.5. The Morgan fingerprint density at radius 3 is 2.26 bits per heavy atom. The molecule has 8 nitrogen and oxygen atoms in total. The molecule has 0 saturated heterocycles. The normalized spacial score (nSPS) is 12.3. The van der Waals surface area contributed by atoms with E-state index in [1.807, 2.05) is 38.1 Å². The summed E-state index contributed by atoms with van der Waals surface area (Å²) in [5.41, 5.74) is 1.93. The summed E-state index contributed by atoms with van der Waals surface area (Å²) in [7, 11) is -1.38. The predicted octanol–water partition coefficient (Wildman–Crippen LogP) is 3.08. The van der Waals surface area contributed by atoms with E-state index in [-0.39, 0.29) is 18.1 Å². The molecule has 192 valence electrons. The number of aryl methyl sites for hydroxylation is 1. The number of hydrogen-bond acceptors (Lipinski definition) is 4. The first-order chi connectivity index (χ1) is 16.5. The highest BCUT2D eigenvalue weighted by Gasteiger charge is 2.32. The third-order valence-corrected chi connectivity index (χ3v) is 7.55. The summed E-state index contributed by atoms with van der Waals surface area (Å²) in [6.45, 7) is 5.62. The number of halogens is 1. The summed E-state index contributed by atoms with van der Waals surface area (Å²) in [5, 5.41) is 2.84. The first-order valence-electron chi connectivity index (χ1n) is 11.6. The predicted molar refractivity (Wildman–Crippen MR) is 135 cm³/mol. The van der Waals surface area contributed by atoms with Crippen molar-refractivity contribution in [1.29, 1.82) is 0 Å². The molecule has 2 aromatic rings. The highest BCUT2D eigenvalue weighted by molar-refractivity contribution is 7.90. The van der Waals surface area contributed by atoms with Crippen molar-refractivity contribution in [3.05, 3.63) is 65.5 Å². The van der Waals surface area contributed by atoms with E-state index in [1.54, 1.807) is 6.92 Å². The van der Waals surface area contributed by atoms with Gasteiger partial charge < -0.3 is 10.2 Å². The summed E-state index contributed by atoms with van der Waals surface area (Å²) >= 11 is 0. The number of hydrogen-bond donors (Lipinski definition) is 1. The van der Waals surface area contributed by atoms with Gasteiger partial charge in [-0.1, -0.05) is 37.6 Å². The molecule has 0 fully saturated rings. The molecule has 0 unspecified atom stereocenters. The second-order valence-corrected chi connectivity index (χ2v) is 10.6. The number of carbonyl (C=O) groups excluding carboxylic acids is 2. The monoisotopic (exact) mass is 506 g/mol. The van der Waals surface area contributed by atoms with Crippen LogP contribution in [0.25, 0.3) is 0 Å². The second kappa shape index (κ2) is 12.6. The quantitative estimate of drug-likeness (QED) is 0.448. The minimum atomic E-state index is -4.08. The molecule has 1 atom stereocenters. The average Bonchev–Trinajstić information content (AvgIpc) is 2.82. The highest BCUT2D eigenvalue weighted by Crippen LogP contribution is 2.21. The third-order valence-electron chi connectivity index (χ3n) is 5.73. The van der Waals surface area contributed by atoms with E-state index in [0.717, 1.165) is 44.7 Å². The fraction of sp³-hybridized carbons (Fsp3) is 0.440. The second-order valence-electron chi connectivity index (χ2n) is 8.54. The van der Waals surface area contributed by atoms with Crippen LogP contribution in [0.1, 0.15) is 37.8 Å². The first kappa shape index (κ1) is 28.3. The summed E-state index contributed by atoms with van der Waals surface area (Å²) in [4.78, 5) is 27.8. The van der Waals surface area contributed by atoms with Crippen LogP contribution in [0.4, 0.5) is 10.1 Å². The molecule has 2 amide bonds. The maximum atomic E-state index is 13.6. The molecule has 0 spiro atoms. The van der Waals surface area contributed by atoms with Gasteiger partial charge in [-0.25, -0.2) is 8.70 Å². The van der Waals surface area contributed by atoms with Gasteiger partial charge in [0.05, 0.1) is 5.69 Å². The van der Waals surface area contributed by atoms with Crippen molar-refractivity contribution >= 4 is 27.7 Å². The lowest BCUT2D eigenvalue weighted by Crippen LogP contribution is -2.52. The van der Waals surface area contributed by atoms with Crippen molar-refractivity contribution in [2.24, 2.45) is 0 Å². The van der Waals surface area contributed by atoms with Gasteiger partial charge in [0.2, 0.25) is 11.8 Å². The number of carbonyl (C=O) groups is 2. The van der Waals surface area contributed by atoms with Crippen LogP contribution in [-0.2, 0) is 26.3 Å². The van der Waals surface area contributed by atoms with E-state index in [0.29, 0.717) is 6.54 Å². The highest BCUT2D eigenvalue weighted by atomic mass is 32.2. The SMILES string of the molecule is CCCCNC(=O)[C@H](C)N(Cc1ccccc1C)C(=O)CN(c1ccc(F)cc1)S(=O)(=O)N(C)C. The van der Waals surface area contributed by atoms with E-state index in [4.69, 9.17) is 0 Å². The number of nitrogens with one attached hydrogen (secondary N) is 1. The lowest BCUT2D eigenvalue weighted by molar-refractivity contribution is -0.139. The van der Waals surface area contributed by atoms with E-state index in [9.17, 15) is 22.4 Å². The van der Waals surface area contributed by atoms with Gasteiger partial charge in [-0.15, -0.1) is 0 Å². The van der Waals surface area contributed by atoms with Crippen LogP contribution in [0.5, 0.6) is 0 Å². The summed E-state index contributed by atoms with van der Waals surface area (Å²) in [5.74, 6) is -1.40. The fourth-order valence-electron chi connectivity index (χ4n) is 3.41. The van der Waals surface area contributed by atoms with Crippen molar-refractivity contribution < 1.29 is 22.4 Å². The minimum absolute atomic E-state index is 0.132. The first-order valence-corrected chi connectivity index (χ1v) is 13.0. The van der Waals surface area contributed by atoms with Crippen LogP contribution in [0.2, 0.25) is 0 Å². The van der Waals surface area contributed by atoms with E-state index in [2.05, 4.69) is 5.32 Å². The molecule has 2 aromatic carbocycles. The molecule has 2 rings (SSSR count). The number of benzene rings is 2. The molecule has 0 heterocycles. The topological polar surface area (TPSA) is 90.0 Å². The number of unbranched alkanes of at least 4 members (excludes halogenated alkanes) is 1. The largest absolute Gasteiger partial charge is 0.354 e. The Balaban J connectivity index is 2.42. The van der Waals surface area contributed by atoms with E-state index in [1.165, 1.54) is 31.1 Å². The molecule has 0 aliphatic carbocycles. The molecule has 0 aliphatic heterocycles. The van der Waals surface area contributed by atoms with Gasteiger partial charge in [0, 0.05) is 27.2 Å². The number of anilines is 1. The zero-order chi connectivity index (χ0) is 26.2. The van der Waals surface area contributed by atoms with Crippen molar-refractivity contribution in [3.8, 4) is 0 Å². The van der Waals surface area contributed by atoms with Gasteiger partial charge in [0.1, 0.15) is 18.4 Å². The van der Waals surface area contributed by atoms with Crippen LogP contribution in [0, 0.1) is 12.7 Å². The van der Waals surface area contributed by atoms with Gasteiger partial charge in [-0.2, -0.15) is 12.7 Å². The summed E-state index contributed by atoms with van der Waals surface area (Å²) in [6.07, 6.45) is 1.72. The molecule has 0 bridgehead atoms. The third kappa shape index (κ3) is 7.50. The maximum Gasteiger partial charge on any atom is 0.304 e. The Morgan fingerprint density at radius 1 is 1.06 bits per heavy atom. The van der Waals surface area contributed by atoms with Gasteiger partial charge in [-0.3, -0.25) is 9.59 Å². The van der Waals surface area contributed by atoms with Gasteiger partial charge >= 0.3 is 10.2 Å². The smallest absolute Gasteiger partial charge is 0.304 e. The van der Waals surface area contributed by atoms with Crippen LogP contribution < -0.4 is 9.62 Å². The van der Waals surface area contributed by atoms with Crippen LogP contribution >= 0.6 is 0 Å². The Morgan fingerprint density at radius 2 is 1.69 bits per heavy atom. The van der Waals surface area contributed by atoms with Crippen molar-refractivity contribution in [3.63, 3.8) is 0 Å². The molecular weight excluding hydrogens is 471 g/mol. The lowest BCUT2D eigenvalue weighted by atomic mass is 10.1. The lowest BCUT2D eigenvalue weighted by Gasteiger charge is -2.33. The van der Waals surface area contributed by atoms with Crippen molar-refractivity contribution in [2.45, 2.75) is 46.2 Å². The Kier molecular flexibility index (Phi) is 10.2. The number of amides is 2.